The number of aromatic nitrogens is 2. The third-order valence-corrected chi connectivity index (χ3v) is 4.41. The Morgan fingerprint density at radius 2 is 1.81 bits per heavy atom. The van der Waals surface area contributed by atoms with Crippen molar-refractivity contribution in [3.8, 4) is 0 Å². The van der Waals surface area contributed by atoms with E-state index < -0.39 is 0 Å². The highest BCUT2D eigenvalue weighted by atomic mass is 15.3. The van der Waals surface area contributed by atoms with Crippen LogP contribution in [-0.4, -0.2) is 34.3 Å². The van der Waals surface area contributed by atoms with E-state index in [0.717, 1.165) is 6.54 Å². The summed E-state index contributed by atoms with van der Waals surface area (Å²) in [5, 5.41) is 5.01. The lowest BCUT2D eigenvalue weighted by molar-refractivity contribution is 0.313. The largest absolute Gasteiger partial charge is 0.301 e. The first-order valence-electron chi connectivity index (χ1n) is 8.46. The van der Waals surface area contributed by atoms with Crippen LogP contribution in [0.4, 0.5) is 0 Å². The lowest BCUT2D eigenvalue weighted by atomic mass is 9.87. The Balaban J connectivity index is 2.32. The van der Waals surface area contributed by atoms with Crippen LogP contribution < -0.4 is 0 Å². The van der Waals surface area contributed by atoms with Crippen LogP contribution in [0.2, 0.25) is 0 Å². The molecule has 21 heavy (non-hydrogen) atoms. The molecule has 0 bridgehead atoms. The molecule has 1 aromatic heterocycles. The van der Waals surface area contributed by atoms with Crippen LogP contribution in [0.3, 0.4) is 0 Å². The maximum atomic E-state index is 5.01. The molecule has 1 aromatic rings. The van der Waals surface area contributed by atoms with Gasteiger partial charge in [-0.2, -0.15) is 5.10 Å². The van der Waals surface area contributed by atoms with E-state index in [9.17, 15) is 0 Å². The topological polar surface area (TPSA) is 21.1 Å². The lowest BCUT2D eigenvalue weighted by Crippen LogP contribution is -2.26. The SMILES string of the molecule is CCCN1CCC(n2nc(C(C)(C)C)cc2C(C)(C)C)C1. The Hall–Kier alpha value is -0.830. The van der Waals surface area contributed by atoms with Gasteiger partial charge >= 0.3 is 0 Å². The van der Waals surface area contributed by atoms with Crippen LogP contribution >= 0.6 is 0 Å². The molecular formula is C18H33N3. The minimum Gasteiger partial charge on any atom is -0.301 e. The van der Waals surface area contributed by atoms with Crippen molar-refractivity contribution in [3.63, 3.8) is 0 Å². The molecule has 0 N–H and O–H groups in total. The first-order chi connectivity index (χ1) is 9.63. The van der Waals surface area contributed by atoms with Crippen molar-refractivity contribution in [1.82, 2.24) is 14.7 Å². The highest BCUT2D eigenvalue weighted by molar-refractivity contribution is 5.23. The standard InChI is InChI=1S/C18H33N3/c1-8-10-20-11-9-14(13-20)21-16(18(5,6)7)12-15(19-21)17(2,3)4/h12,14H,8-11,13H2,1-7H3. The number of likely N-dealkylation sites (tertiary alicyclic amines) is 1. The van der Waals surface area contributed by atoms with Crippen LogP contribution in [0.25, 0.3) is 0 Å². The molecule has 1 aliphatic rings. The summed E-state index contributed by atoms with van der Waals surface area (Å²) in [7, 11) is 0. The molecule has 0 aliphatic carbocycles. The minimum atomic E-state index is 0.118. The van der Waals surface area contributed by atoms with Gasteiger partial charge in [0.25, 0.3) is 0 Å². The smallest absolute Gasteiger partial charge is 0.0681 e. The second-order valence-electron chi connectivity index (χ2n) is 8.60. The van der Waals surface area contributed by atoms with Gasteiger partial charge in [0.1, 0.15) is 0 Å². The first kappa shape index (κ1) is 16.5. The third-order valence-electron chi connectivity index (χ3n) is 4.41. The van der Waals surface area contributed by atoms with Gasteiger partial charge in [-0.15, -0.1) is 0 Å². The fraction of sp³-hybridized carbons (Fsp3) is 0.833. The molecule has 3 nitrogen and oxygen atoms in total. The van der Waals surface area contributed by atoms with E-state index in [-0.39, 0.29) is 10.8 Å². The summed E-state index contributed by atoms with van der Waals surface area (Å²) in [6, 6.07) is 2.88. The third kappa shape index (κ3) is 3.68. The van der Waals surface area contributed by atoms with Crippen LogP contribution in [0.15, 0.2) is 6.07 Å². The van der Waals surface area contributed by atoms with Crippen LogP contribution in [0.1, 0.15) is 78.7 Å². The molecule has 1 fully saturated rings. The fourth-order valence-corrected chi connectivity index (χ4v) is 3.13. The minimum absolute atomic E-state index is 0.118. The number of rotatable bonds is 3. The second-order valence-corrected chi connectivity index (χ2v) is 8.60. The zero-order chi connectivity index (χ0) is 15.8. The van der Waals surface area contributed by atoms with E-state index in [1.54, 1.807) is 0 Å². The molecule has 0 saturated carbocycles. The van der Waals surface area contributed by atoms with E-state index in [0.29, 0.717) is 6.04 Å². The van der Waals surface area contributed by atoms with Gasteiger partial charge in [0.15, 0.2) is 0 Å². The Morgan fingerprint density at radius 3 is 2.33 bits per heavy atom. The van der Waals surface area contributed by atoms with Gasteiger partial charge < -0.3 is 4.90 Å². The van der Waals surface area contributed by atoms with E-state index in [1.807, 2.05) is 0 Å². The number of hydrogen-bond donors (Lipinski definition) is 0. The predicted octanol–water partition coefficient (Wildman–Crippen LogP) is 4.13. The molecular weight excluding hydrogens is 258 g/mol. The predicted molar refractivity (Wildman–Crippen MR) is 90.0 cm³/mol. The van der Waals surface area contributed by atoms with E-state index >= 15 is 0 Å². The van der Waals surface area contributed by atoms with Gasteiger partial charge in [0.2, 0.25) is 0 Å². The quantitative estimate of drug-likeness (QED) is 0.834. The second kappa shape index (κ2) is 5.75. The average molecular weight is 291 g/mol. The van der Waals surface area contributed by atoms with Gasteiger partial charge in [-0.1, -0.05) is 48.5 Å². The molecule has 0 amide bonds. The Labute approximate surface area is 130 Å². The molecule has 0 aromatic carbocycles. The van der Waals surface area contributed by atoms with Gasteiger partial charge in [-0.05, 0) is 25.5 Å². The molecule has 1 aliphatic heterocycles. The van der Waals surface area contributed by atoms with Gasteiger partial charge in [0.05, 0.1) is 11.7 Å². The molecule has 1 saturated heterocycles. The van der Waals surface area contributed by atoms with Crippen LogP contribution in [0, 0.1) is 0 Å². The summed E-state index contributed by atoms with van der Waals surface area (Å²) >= 11 is 0. The molecule has 1 atom stereocenters. The molecule has 120 valence electrons. The van der Waals surface area contributed by atoms with Crippen molar-refractivity contribution in [2.24, 2.45) is 0 Å². The van der Waals surface area contributed by atoms with Crippen LogP contribution in [-0.2, 0) is 10.8 Å². The normalized spacial score (nSPS) is 21.2. The number of nitrogens with zero attached hydrogens (tertiary/aromatic N) is 3. The zero-order valence-electron chi connectivity index (χ0n) is 15.0. The van der Waals surface area contributed by atoms with Gasteiger partial charge in [-0.25, -0.2) is 0 Å². The maximum absolute atomic E-state index is 5.01. The van der Waals surface area contributed by atoms with Crippen molar-refractivity contribution in [2.75, 3.05) is 19.6 Å². The summed E-state index contributed by atoms with van der Waals surface area (Å²) in [4.78, 5) is 2.58. The van der Waals surface area contributed by atoms with Crippen molar-refractivity contribution in [2.45, 2.75) is 78.2 Å². The Bertz CT molecular complexity index is 474. The maximum Gasteiger partial charge on any atom is 0.0681 e. The lowest BCUT2D eigenvalue weighted by Gasteiger charge is -2.24. The van der Waals surface area contributed by atoms with Crippen LogP contribution in [0.5, 0.6) is 0 Å². The van der Waals surface area contributed by atoms with Crippen molar-refractivity contribution < 1.29 is 0 Å². The zero-order valence-corrected chi connectivity index (χ0v) is 15.0. The summed E-state index contributed by atoms with van der Waals surface area (Å²) in [5.74, 6) is 0. The summed E-state index contributed by atoms with van der Waals surface area (Å²) < 4.78 is 2.34. The monoisotopic (exact) mass is 291 g/mol. The van der Waals surface area contributed by atoms with Crippen molar-refractivity contribution in [1.29, 1.82) is 0 Å². The first-order valence-corrected chi connectivity index (χ1v) is 8.46. The summed E-state index contributed by atoms with van der Waals surface area (Å²) in [6.45, 7) is 19.5. The van der Waals surface area contributed by atoms with Crippen molar-refractivity contribution >= 4 is 0 Å². The molecule has 2 heterocycles. The highest BCUT2D eigenvalue weighted by Crippen LogP contribution is 2.33. The molecule has 2 rings (SSSR count). The molecule has 3 heteroatoms. The fourth-order valence-electron chi connectivity index (χ4n) is 3.13. The van der Waals surface area contributed by atoms with Gasteiger partial charge in [-0.3, -0.25) is 4.68 Å². The van der Waals surface area contributed by atoms with Crippen molar-refractivity contribution in [3.05, 3.63) is 17.5 Å². The Morgan fingerprint density at radius 1 is 1.14 bits per heavy atom. The molecule has 0 radical (unpaired) electrons. The summed E-state index contributed by atoms with van der Waals surface area (Å²) in [5.41, 5.74) is 2.87. The highest BCUT2D eigenvalue weighted by Gasteiger charge is 2.31. The average Bonchev–Trinajstić information content (AvgIpc) is 2.91. The van der Waals surface area contributed by atoms with E-state index in [4.69, 9.17) is 5.10 Å². The van der Waals surface area contributed by atoms with E-state index in [2.05, 4.69) is 64.1 Å². The summed E-state index contributed by atoms with van der Waals surface area (Å²) in [6.07, 6.45) is 2.47. The molecule has 0 spiro atoms. The Kier molecular flexibility index (Phi) is 4.53. The number of hydrogen-bond acceptors (Lipinski definition) is 2. The van der Waals surface area contributed by atoms with E-state index in [1.165, 1.54) is 37.3 Å². The van der Waals surface area contributed by atoms with Gasteiger partial charge in [0, 0.05) is 29.6 Å². The molecule has 1 unspecified atom stereocenters.